The quantitative estimate of drug-likeness (QED) is 0.826. The van der Waals surface area contributed by atoms with Crippen molar-refractivity contribution in [1.29, 1.82) is 0 Å². The zero-order chi connectivity index (χ0) is 19.4. The van der Waals surface area contributed by atoms with E-state index in [4.69, 9.17) is 14.0 Å². The second-order valence-corrected chi connectivity index (χ2v) is 8.91. The van der Waals surface area contributed by atoms with Gasteiger partial charge in [0.1, 0.15) is 0 Å². The molecule has 0 aromatic heterocycles. The summed E-state index contributed by atoms with van der Waals surface area (Å²) < 4.78 is 18.2. The van der Waals surface area contributed by atoms with Crippen molar-refractivity contribution in [3.8, 4) is 0 Å². The van der Waals surface area contributed by atoms with Gasteiger partial charge in [0, 0.05) is 0 Å². The first-order valence-corrected chi connectivity index (χ1v) is 9.74. The predicted molar refractivity (Wildman–Crippen MR) is 102 cm³/mol. The van der Waals surface area contributed by atoms with E-state index in [9.17, 15) is 9.90 Å². The monoisotopic (exact) mass is 373 g/mol. The highest BCUT2D eigenvalue weighted by atomic mass is 16.7. The van der Waals surface area contributed by atoms with Gasteiger partial charge in [-0.3, -0.25) is 4.90 Å². The number of carboxylic acid groups (broad SMARTS) is 1. The van der Waals surface area contributed by atoms with E-state index in [2.05, 4.69) is 0 Å². The van der Waals surface area contributed by atoms with Gasteiger partial charge in [-0.2, -0.15) is 0 Å². The van der Waals surface area contributed by atoms with E-state index < -0.39 is 13.2 Å². The van der Waals surface area contributed by atoms with E-state index in [1.807, 2.05) is 52.0 Å². The first-order chi connectivity index (χ1) is 12.7. The van der Waals surface area contributed by atoms with E-state index in [-0.39, 0.29) is 23.3 Å². The molecule has 2 aliphatic heterocycles. The summed E-state index contributed by atoms with van der Waals surface area (Å²) in [6.07, 6.45) is 1.45. The number of carbonyl (C=O) groups is 1. The van der Waals surface area contributed by atoms with Crippen molar-refractivity contribution in [1.82, 2.24) is 4.90 Å². The molecule has 1 saturated carbocycles. The van der Waals surface area contributed by atoms with Crippen LogP contribution >= 0.6 is 0 Å². The Morgan fingerprint density at radius 3 is 2.22 bits per heavy atom. The van der Waals surface area contributed by atoms with Gasteiger partial charge in [-0.15, -0.1) is 0 Å². The summed E-state index contributed by atoms with van der Waals surface area (Å²) in [5.41, 5.74) is 1.11. The Kier molecular flexibility index (Phi) is 4.52. The van der Waals surface area contributed by atoms with Crippen LogP contribution in [0.5, 0.6) is 0 Å². The smallest absolute Gasteiger partial charge is 0.465 e. The molecular formula is C20H28BNO5. The van der Waals surface area contributed by atoms with Gasteiger partial charge in [0.2, 0.25) is 0 Å². The fourth-order valence-corrected chi connectivity index (χ4v) is 3.77. The Morgan fingerprint density at radius 2 is 1.70 bits per heavy atom. The van der Waals surface area contributed by atoms with E-state index >= 15 is 0 Å². The van der Waals surface area contributed by atoms with Crippen molar-refractivity contribution in [2.75, 3.05) is 13.2 Å². The van der Waals surface area contributed by atoms with Gasteiger partial charge in [-0.25, -0.2) is 4.79 Å². The van der Waals surface area contributed by atoms with E-state index in [0.29, 0.717) is 19.1 Å². The number of nitrogens with zero attached hydrogens (tertiary/aromatic N) is 1. The van der Waals surface area contributed by atoms with Crippen LogP contribution in [0, 0.1) is 5.92 Å². The summed E-state index contributed by atoms with van der Waals surface area (Å²) in [5.74, 6) is 0.526. The molecule has 7 heteroatoms. The standard InChI is InChI=1S/C20H28BNO5/c1-19(2)20(3,4)27-21(26-19)15-9-7-13(8-10-15)16-12-25-17(14-5-6-14)11-22(16)18(23)24/h7-10,14,16-17H,5-6,11-12H2,1-4H3,(H,23,24)/t16-,17+/m1/s1. The van der Waals surface area contributed by atoms with Crippen LogP contribution in [0.25, 0.3) is 0 Å². The number of rotatable bonds is 3. The number of benzene rings is 1. The molecule has 1 aliphatic carbocycles. The molecule has 0 unspecified atom stereocenters. The zero-order valence-electron chi connectivity index (χ0n) is 16.5. The largest absolute Gasteiger partial charge is 0.494 e. The summed E-state index contributed by atoms with van der Waals surface area (Å²) in [4.78, 5) is 13.3. The fourth-order valence-electron chi connectivity index (χ4n) is 3.77. The van der Waals surface area contributed by atoms with Crippen LogP contribution in [-0.2, 0) is 14.0 Å². The molecule has 1 aromatic carbocycles. The lowest BCUT2D eigenvalue weighted by Crippen LogP contribution is -2.48. The summed E-state index contributed by atoms with van der Waals surface area (Å²) >= 11 is 0. The average Bonchev–Trinajstić information content (AvgIpc) is 3.42. The number of ether oxygens (including phenoxy) is 1. The van der Waals surface area contributed by atoms with E-state index in [0.717, 1.165) is 23.9 Å². The highest BCUT2D eigenvalue weighted by Gasteiger charge is 2.51. The van der Waals surface area contributed by atoms with Crippen molar-refractivity contribution in [2.45, 2.75) is 63.9 Å². The molecule has 2 saturated heterocycles. The predicted octanol–water partition coefficient (Wildman–Crippen LogP) is 2.82. The molecule has 1 amide bonds. The molecule has 1 N–H and O–H groups in total. The Hall–Kier alpha value is -1.57. The summed E-state index contributed by atoms with van der Waals surface area (Å²) in [6, 6.07) is 7.57. The van der Waals surface area contributed by atoms with Crippen LogP contribution < -0.4 is 5.46 Å². The molecule has 2 heterocycles. The highest BCUT2D eigenvalue weighted by Crippen LogP contribution is 2.39. The third-order valence-electron chi connectivity index (χ3n) is 6.46. The first kappa shape index (κ1) is 18.8. The third-order valence-corrected chi connectivity index (χ3v) is 6.46. The second kappa shape index (κ2) is 6.50. The van der Waals surface area contributed by atoms with Gasteiger partial charge in [-0.1, -0.05) is 24.3 Å². The lowest BCUT2D eigenvalue weighted by Gasteiger charge is -2.38. The molecule has 2 atom stereocenters. The second-order valence-electron chi connectivity index (χ2n) is 8.91. The number of hydrogen-bond acceptors (Lipinski definition) is 4. The minimum absolute atomic E-state index is 0.0429. The number of hydrogen-bond donors (Lipinski definition) is 1. The van der Waals surface area contributed by atoms with Crippen molar-refractivity contribution >= 4 is 18.7 Å². The van der Waals surface area contributed by atoms with Crippen molar-refractivity contribution in [3.63, 3.8) is 0 Å². The minimum Gasteiger partial charge on any atom is -0.465 e. The molecular weight excluding hydrogens is 345 g/mol. The molecule has 3 fully saturated rings. The summed E-state index contributed by atoms with van der Waals surface area (Å²) in [7, 11) is -0.415. The van der Waals surface area contributed by atoms with Gasteiger partial charge in [0.25, 0.3) is 0 Å². The summed E-state index contributed by atoms with van der Waals surface area (Å²) in [5, 5.41) is 9.66. The molecule has 146 valence electrons. The molecule has 6 nitrogen and oxygen atoms in total. The molecule has 1 aromatic rings. The maximum Gasteiger partial charge on any atom is 0.494 e. The molecule has 0 radical (unpaired) electrons. The third kappa shape index (κ3) is 3.48. The van der Waals surface area contributed by atoms with Gasteiger partial charge < -0.3 is 19.2 Å². The topological polar surface area (TPSA) is 68.2 Å². The minimum atomic E-state index is -0.885. The lowest BCUT2D eigenvalue weighted by molar-refractivity contribution is -0.0639. The SMILES string of the molecule is CC1(C)OB(c2ccc([C@H]3CO[C@H](C4CC4)CN3C(=O)O)cc2)OC1(C)C. The first-order valence-electron chi connectivity index (χ1n) is 9.74. The zero-order valence-corrected chi connectivity index (χ0v) is 16.5. The number of amides is 1. The Bertz CT molecular complexity index is 700. The highest BCUT2D eigenvalue weighted by molar-refractivity contribution is 6.62. The summed E-state index contributed by atoms with van der Waals surface area (Å²) in [6.45, 7) is 8.97. The van der Waals surface area contributed by atoms with Crippen molar-refractivity contribution in [3.05, 3.63) is 29.8 Å². The van der Waals surface area contributed by atoms with Crippen LogP contribution in [0.3, 0.4) is 0 Å². The van der Waals surface area contributed by atoms with Crippen LogP contribution in [0.1, 0.15) is 52.1 Å². The molecule has 3 aliphatic rings. The van der Waals surface area contributed by atoms with Gasteiger partial charge >= 0.3 is 13.2 Å². The molecule has 27 heavy (non-hydrogen) atoms. The molecule has 0 bridgehead atoms. The fraction of sp³-hybridized carbons (Fsp3) is 0.650. The van der Waals surface area contributed by atoms with Crippen LogP contribution in [0.4, 0.5) is 4.79 Å². The average molecular weight is 373 g/mol. The van der Waals surface area contributed by atoms with E-state index in [1.54, 1.807) is 0 Å². The van der Waals surface area contributed by atoms with Crippen LogP contribution in [0.2, 0.25) is 0 Å². The van der Waals surface area contributed by atoms with Crippen LogP contribution in [0.15, 0.2) is 24.3 Å². The van der Waals surface area contributed by atoms with Gasteiger partial charge in [-0.05, 0) is 57.5 Å². The lowest BCUT2D eigenvalue weighted by atomic mass is 9.78. The normalized spacial score (nSPS) is 29.8. The Morgan fingerprint density at radius 1 is 1.11 bits per heavy atom. The molecule has 0 spiro atoms. The maximum atomic E-state index is 11.8. The number of morpholine rings is 1. The van der Waals surface area contributed by atoms with Gasteiger partial charge in [0.15, 0.2) is 0 Å². The maximum absolute atomic E-state index is 11.8. The Labute approximate surface area is 160 Å². The van der Waals surface area contributed by atoms with Crippen molar-refractivity contribution in [2.24, 2.45) is 5.92 Å². The molecule has 4 rings (SSSR count). The van der Waals surface area contributed by atoms with Gasteiger partial charge in [0.05, 0.1) is 36.5 Å². The van der Waals surface area contributed by atoms with Crippen LogP contribution in [-0.4, -0.2) is 53.7 Å². The van der Waals surface area contributed by atoms with E-state index in [1.165, 1.54) is 4.90 Å². The Balaban J connectivity index is 1.49. The van der Waals surface area contributed by atoms with Crippen molar-refractivity contribution < 1.29 is 23.9 Å².